The number of hydrogen-bond donors (Lipinski definition) is 1. The van der Waals surface area contributed by atoms with Crippen LogP contribution in [0.5, 0.6) is 0 Å². The molecule has 0 fully saturated rings. The summed E-state index contributed by atoms with van der Waals surface area (Å²) in [5.41, 5.74) is 2.28. The average Bonchev–Trinajstić information content (AvgIpc) is 3.02. The van der Waals surface area contributed by atoms with Gasteiger partial charge in [0.15, 0.2) is 11.5 Å². The minimum absolute atomic E-state index is 0.0871. The Balaban J connectivity index is 1.81. The maximum absolute atomic E-state index is 12.9. The SMILES string of the molecule is CCCn1nc(NS(=O)(=O)c2ccc([N+](=O)[O-])cc2)c2cc3cc(C)ccc3nc21. The second kappa shape index (κ2) is 7.38. The van der Waals surface area contributed by atoms with Gasteiger partial charge in [-0.05, 0) is 43.7 Å². The van der Waals surface area contributed by atoms with E-state index in [1.165, 1.54) is 12.1 Å². The predicted octanol–water partition coefficient (Wildman–Crippen LogP) is 4.01. The van der Waals surface area contributed by atoms with E-state index in [1.54, 1.807) is 4.68 Å². The van der Waals surface area contributed by atoms with Gasteiger partial charge in [-0.25, -0.2) is 18.1 Å². The summed E-state index contributed by atoms with van der Waals surface area (Å²) >= 11 is 0. The minimum Gasteiger partial charge on any atom is -0.261 e. The molecule has 0 amide bonds. The third kappa shape index (κ3) is 3.57. The number of nitro benzene ring substituents is 1. The predicted molar refractivity (Wildman–Crippen MR) is 114 cm³/mol. The van der Waals surface area contributed by atoms with Gasteiger partial charge in [0.1, 0.15) is 0 Å². The smallest absolute Gasteiger partial charge is 0.261 e. The monoisotopic (exact) mass is 425 g/mol. The standard InChI is InChI=1S/C20H19N5O4S/c1-3-10-24-20-17(12-14-11-13(2)4-9-18(14)21-20)19(22-24)23-30(28,29)16-7-5-15(6-8-16)25(26)27/h4-9,11-12H,3,10H2,1-2H3,(H,22,23). The molecule has 0 spiro atoms. The van der Waals surface area contributed by atoms with E-state index in [4.69, 9.17) is 0 Å². The number of fused-ring (bicyclic) bond motifs is 2. The Morgan fingerprint density at radius 3 is 2.53 bits per heavy atom. The van der Waals surface area contributed by atoms with E-state index < -0.39 is 14.9 Å². The highest BCUT2D eigenvalue weighted by Crippen LogP contribution is 2.28. The summed E-state index contributed by atoms with van der Waals surface area (Å²) in [5, 5.41) is 16.7. The Morgan fingerprint density at radius 1 is 1.13 bits per heavy atom. The van der Waals surface area contributed by atoms with Crippen molar-refractivity contribution < 1.29 is 13.3 Å². The molecular weight excluding hydrogens is 406 g/mol. The third-order valence-electron chi connectivity index (χ3n) is 4.69. The normalized spacial score (nSPS) is 11.8. The van der Waals surface area contributed by atoms with Crippen molar-refractivity contribution in [3.8, 4) is 0 Å². The number of nitrogens with one attached hydrogen (secondary N) is 1. The van der Waals surface area contributed by atoms with Gasteiger partial charge in [-0.15, -0.1) is 0 Å². The highest BCUT2D eigenvalue weighted by Gasteiger charge is 2.21. The average molecular weight is 425 g/mol. The summed E-state index contributed by atoms with van der Waals surface area (Å²) in [4.78, 5) is 14.8. The van der Waals surface area contributed by atoms with Crippen LogP contribution in [-0.2, 0) is 16.6 Å². The number of pyridine rings is 1. The number of aryl methyl sites for hydroxylation is 2. The van der Waals surface area contributed by atoms with Crippen LogP contribution in [0.1, 0.15) is 18.9 Å². The molecule has 0 unspecified atom stereocenters. The molecule has 0 bridgehead atoms. The number of nitro groups is 1. The Kier molecular flexibility index (Phi) is 4.86. The first-order valence-electron chi connectivity index (χ1n) is 9.33. The molecule has 0 aliphatic carbocycles. The second-order valence-electron chi connectivity index (χ2n) is 6.98. The first kappa shape index (κ1) is 19.8. The topological polar surface area (TPSA) is 120 Å². The highest BCUT2D eigenvalue weighted by molar-refractivity contribution is 7.92. The summed E-state index contributed by atoms with van der Waals surface area (Å²) in [6, 6.07) is 12.4. The van der Waals surface area contributed by atoms with Gasteiger partial charge in [0, 0.05) is 24.1 Å². The molecule has 4 aromatic rings. The van der Waals surface area contributed by atoms with Crippen molar-refractivity contribution in [2.45, 2.75) is 31.7 Å². The Labute approximate surface area is 172 Å². The lowest BCUT2D eigenvalue weighted by Crippen LogP contribution is -2.14. The van der Waals surface area contributed by atoms with Crippen LogP contribution >= 0.6 is 0 Å². The maximum atomic E-state index is 12.9. The summed E-state index contributed by atoms with van der Waals surface area (Å²) in [6.45, 7) is 4.56. The van der Waals surface area contributed by atoms with E-state index in [-0.39, 0.29) is 16.4 Å². The highest BCUT2D eigenvalue weighted by atomic mass is 32.2. The van der Waals surface area contributed by atoms with Gasteiger partial charge in [0.05, 0.1) is 20.7 Å². The fraction of sp³-hybridized carbons (Fsp3) is 0.200. The number of nitrogens with zero attached hydrogens (tertiary/aromatic N) is 4. The number of benzene rings is 2. The van der Waals surface area contributed by atoms with Gasteiger partial charge in [0.2, 0.25) is 0 Å². The number of anilines is 1. The summed E-state index contributed by atoms with van der Waals surface area (Å²) in [6.07, 6.45) is 0.805. The molecule has 30 heavy (non-hydrogen) atoms. The molecule has 2 aromatic carbocycles. The van der Waals surface area contributed by atoms with E-state index in [1.807, 2.05) is 38.1 Å². The van der Waals surface area contributed by atoms with Gasteiger partial charge in [-0.3, -0.25) is 14.8 Å². The van der Waals surface area contributed by atoms with E-state index in [9.17, 15) is 18.5 Å². The van der Waals surface area contributed by atoms with Gasteiger partial charge in [-0.1, -0.05) is 18.6 Å². The molecular formula is C20H19N5O4S. The molecule has 4 rings (SSSR count). The minimum atomic E-state index is -3.99. The summed E-state index contributed by atoms with van der Waals surface area (Å²) in [5.74, 6) is 0.174. The number of sulfonamides is 1. The molecule has 0 saturated heterocycles. The number of rotatable bonds is 6. The van der Waals surface area contributed by atoms with Crippen LogP contribution in [0.15, 0.2) is 53.4 Å². The van der Waals surface area contributed by atoms with Crippen LogP contribution < -0.4 is 4.72 Å². The number of hydrogen-bond acceptors (Lipinski definition) is 6. The molecule has 0 atom stereocenters. The van der Waals surface area contributed by atoms with E-state index in [0.29, 0.717) is 17.6 Å². The lowest BCUT2D eigenvalue weighted by molar-refractivity contribution is -0.384. The molecule has 9 nitrogen and oxygen atoms in total. The Bertz CT molecular complexity index is 1380. The largest absolute Gasteiger partial charge is 0.269 e. The van der Waals surface area contributed by atoms with Gasteiger partial charge in [0.25, 0.3) is 15.7 Å². The quantitative estimate of drug-likeness (QED) is 0.368. The van der Waals surface area contributed by atoms with Crippen LogP contribution in [0.25, 0.3) is 21.9 Å². The van der Waals surface area contributed by atoms with Crippen molar-refractivity contribution >= 4 is 43.5 Å². The molecule has 2 heterocycles. The van der Waals surface area contributed by atoms with Crippen LogP contribution in [-0.4, -0.2) is 28.1 Å². The van der Waals surface area contributed by atoms with Crippen molar-refractivity contribution in [1.29, 1.82) is 0 Å². The zero-order valence-corrected chi connectivity index (χ0v) is 17.2. The molecule has 0 aliphatic heterocycles. The molecule has 0 saturated carbocycles. The van der Waals surface area contributed by atoms with Gasteiger partial charge < -0.3 is 0 Å². The maximum Gasteiger partial charge on any atom is 0.269 e. The van der Waals surface area contributed by atoms with E-state index in [0.717, 1.165) is 35.0 Å². The zero-order chi connectivity index (χ0) is 21.5. The second-order valence-corrected chi connectivity index (χ2v) is 8.67. The third-order valence-corrected chi connectivity index (χ3v) is 6.05. The van der Waals surface area contributed by atoms with E-state index in [2.05, 4.69) is 14.8 Å². The van der Waals surface area contributed by atoms with Gasteiger partial charge >= 0.3 is 0 Å². The molecule has 0 aliphatic rings. The van der Waals surface area contributed by atoms with Crippen molar-refractivity contribution in [3.05, 3.63) is 64.2 Å². The van der Waals surface area contributed by atoms with Crippen LogP contribution in [0.2, 0.25) is 0 Å². The van der Waals surface area contributed by atoms with Gasteiger partial charge in [-0.2, -0.15) is 5.10 Å². The molecule has 154 valence electrons. The first-order valence-corrected chi connectivity index (χ1v) is 10.8. The van der Waals surface area contributed by atoms with Crippen LogP contribution in [0.3, 0.4) is 0 Å². The fourth-order valence-electron chi connectivity index (χ4n) is 3.25. The lowest BCUT2D eigenvalue weighted by Gasteiger charge is -2.06. The molecule has 1 N–H and O–H groups in total. The lowest BCUT2D eigenvalue weighted by atomic mass is 10.1. The number of non-ortho nitro benzene ring substituents is 1. The summed E-state index contributed by atoms with van der Waals surface area (Å²) < 4.78 is 29.9. The van der Waals surface area contributed by atoms with E-state index >= 15 is 0 Å². The fourth-order valence-corrected chi connectivity index (χ4v) is 4.27. The molecule has 0 radical (unpaired) electrons. The molecule has 10 heteroatoms. The van der Waals surface area contributed by atoms with Crippen molar-refractivity contribution in [2.75, 3.05) is 4.72 Å². The van der Waals surface area contributed by atoms with Crippen molar-refractivity contribution in [2.24, 2.45) is 0 Å². The van der Waals surface area contributed by atoms with Crippen LogP contribution in [0.4, 0.5) is 11.5 Å². The van der Waals surface area contributed by atoms with Crippen molar-refractivity contribution in [1.82, 2.24) is 14.8 Å². The summed E-state index contributed by atoms with van der Waals surface area (Å²) in [7, 11) is -3.99. The Hall–Kier alpha value is -3.53. The first-order chi connectivity index (χ1) is 14.3. The van der Waals surface area contributed by atoms with Crippen LogP contribution in [0, 0.1) is 17.0 Å². The number of aromatic nitrogens is 3. The Morgan fingerprint density at radius 2 is 1.87 bits per heavy atom. The van der Waals surface area contributed by atoms with Crippen molar-refractivity contribution in [3.63, 3.8) is 0 Å². The zero-order valence-electron chi connectivity index (χ0n) is 16.4. The molecule has 2 aromatic heterocycles.